The van der Waals surface area contributed by atoms with Crippen LogP contribution >= 0.6 is 0 Å². The van der Waals surface area contributed by atoms with Gasteiger partial charge in [0.15, 0.2) is 0 Å². The van der Waals surface area contributed by atoms with E-state index in [9.17, 15) is 9.90 Å². The predicted octanol–water partition coefficient (Wildman–Crippen LogP) is 1.99. The fourth-order valence-corrected chi connectivity index (χ4v) is 2.31. The quantitative estimate of drug-likeness (QED) is 0.810. The first-order valence-corrected chi connectivity index (χ1v) is 5.88. The Morgan fingerprint density at radius 2 is 2.12 bits per heavy atom. The largest absolute Gasteiger partial charge is 0.480 e. The maximum absolute atomic E-state index is 11.3. The Morgan fingerprint density at radius 3 is 2.65 bits per heavy atom. The summed E-state index contributed by atoms with van der Waals surface area (Å²) in [6.45, 7) is 3.80. The maximum atomic E-state index is 11.3. The standard InChI is InChI=1S/C12H17N3O2/c1-8(2)10(12(16)17)15-7-13-14-11(15)9-5-3-4-6-9/h3-4,7-10H,5-6H2,1-2H3,(H,16,17). The summed E-state index contributed by atoms with van der Waals surface area (Å²) in [5.74, 6) is 0.248. The van der Waals surface area contributed by atoms with E-state index >= 15 is 0 Å². The molecule has 5 heteroatoms. The molecule has 92 valence electrons. The van der Waals surface area contributed by atoms with Crippen molar-refractivity contribution >= 4 is 5.97 Å². The highest BCUT2D eigenvalue weighted by Crippen LogP contribution is 2.30. The number of nitrogens with zero attached hydrogens (tertiary/aromatic N) is 3. The Hall–Kier alpha value is -1.65. The third-order valence-corrected chi connectivity index (χ3v) is 3.16. The Morgan fingerprint density at radius 1 is 1.47 bits per heavy atom. The van der Waals surface area contributed by atoms with Crippen LogP contribution in [-0.4, -0.2) is 25.8 Å². The zero-order valence-electron chi connectivity index (χ0n) is 10.1. The smallest absolute Gasteiger partial charge is 0.327 e. The van der Waals surface area contributed by atoms with Gasteiger partial charge >= 0.3 is 5.97 Å². The maximum Gasteiger partial charge on any atom is 0.327 e. The Kier molecular flexibility index (Phi) is 3.26. The van der Waals surface area contributed by atoms with Crippen molar-refractivity contribution in [3.8, 4) is 0 Å². The van der Waals surface area contributed by atoms with Crippen LogP contribution in [0.25, 0.3) is 0 Å². The van der Waals surface area contributed by atoms with E-state index in [1.54, 1.807) is 4.57 Å². The van der Waals surface area contributed by atoms with E-state index in [2.05, 4.69) is 22.3 Å². The van der Waals surface area contributed by atoms with E-state index in [4.69, 9.17) is 0 Å². The summed E-state index contributed by atoms with van der Waals surface area (Å²) in [6, 6.07) is -0.583. The first-order valence-electron chi connectivity index (χ1n) is 5.88. The number of hydrogen-bond acceptors (Lipinski definition) is 3. The second-order valence-corrected chi connectivity index (χ2v) is 4.76. The summed E-state index contributed by atoms with van der Waals surface area (Å²) in [6.07, 6.45) is 7.59. The van der Waals surface area contributed by atoms with E-state index in [1.165, 1.54) is 6.33 Å². The molecule has 0 spiro atoms. The third-order valence-electron chi connectivity index (χ3n) is 3.16. The molecule has 17 heavy (non-hydrogen) atoms. The Labute approximate surface area is 100 Å². The van der Waals surface area contributed by atoms with Crippen molar-refractivity contribution in [2.24, 2.45) is 5.92 Å². The van der Waals surface area contributed by atoms with Crippen LogP contribution in [0, 0.1) is 5.92 Å². The lowest BCUT2D eigenvalue weighted by Crippen LogP contribution is -2.26. The van der Waals surface area contributed by atoms with E-state index in [0.29, 0.717) is 0 Å². The molecule has 0 amide bonds. The lowest BCUT2D eigenvalue weighted by atomic mass is 10.0. The summed E-state index contributed by atoms with van der Waals surface area (Å²) in [4.78, 5) is 11.3. The molecule has 1 heterocycles. The van der Waals surface area contributed by atoms with Gasteiger partial charge in [-0.1, -0.05) is 26.0 Å². The number of carboxylic acid groups (broad SMARTS) is 1. The first-order chi connectivity index (χ1) is 8.11. The first kappa shape index (κ1) is 11.8. The van der Waals surface area contributed by atoms with Gasteiger partial charge in [0.05, 0.1) is 0 Å². The monoisotopic (exact) mass is 235 g/mol. The van der Waals surface area contributed by atoms with Crippen molar-refractivity contribution in [3.63, 3.8) is 0 Å². The summed E-state index contributed by atoms with van der Waals surface area (Å²) in [7, 11) is 0. The van der Waals surface area contributed by atoms with Gasteiger partial charge in [-0.15, -0.1) is 10.2 Å². The lowest BCUT2D eigenvalue weighted by molar-refractivity contribution is -0.142. The van der Waals surface area contributed by atoms with Gasteiger partial charge in [-0.2, -0.15) is 0 Å². The minimum absolute atomic E-state index is 0.0108. The number of allylic oxidation sites excluding steroid dienone is 2. The van der Waals surface area contributed by atoms with Crippen molar-refractivity contribution in [2.75, 3.05) is 0 Å². The van der Waals surface area contributed by atoms with E-state index in [-0.39, 0.29) is 11.8 Å². The van der Waals surface area contributed by atoms with Crippen molar-refractivity contribution in [2.45, 2.75) is 38.6 Å². The molecule has 1 unspecified atom stereocenters. The molecule has 1 N–H and O–H groups in total. The van der Waals surface area contributed by atoms with Gasteiger partial charge < -0.3 is 9.67 Å². The van der Waals surface area contributed by atoms with Gasteiger partial charge in [-0.05, 0) is 18.8 Å². The van der Waals surface area contributed by atoms with Crippen LogP contribution in [0.15, 0.2) is 18.5 Å². The van der Waals surface area contributed by atoms with E-state index < -0.39 is 12.0 Å². The highest BCUT2D eigenvalue weighted by Gasteiger charge is 2.29. The zero-order chi connectivity index (χ0) is 12.4. The van der Waals surface area contributed by atoms with Gasteiger partial charge in [0.1, 0.15) is 18.2 Å². The molecule has 0 bridgehead atoms. The minimum Gasteiger partial charge on any atom is -0.480 e. The average molecular weight is 235 g/mol. The predicted molar refractivity (Wildman–Crippen MR) is 62.6 cm³/mol. The van der Waals surface area contributed by atoms with Crippen LogP contribution in [-0.2, 0) is 4.79 Å². The zero-order valence-corrected chi connectivity index (χ0v) is 10.1. The fraction of sp³-hybridized carbons (Fsp3) is 0.583. The van der Waals surface area contributed by atoms with Crippen molar-refractivity contribution < 1.29 is 9.90 Å². The summed E-state index contributed by atoms with van der Waals surface area (Å²) in [5, 5.41) is 17.3. The van der Waals surface area contributed by atoms with Crippen LogP contribution in [0.4, 0.5) is 0 Å². The molecule has 1 atom stereocenters. The molecule has 0 aromatic carbocycles. The van der Waals surface area contributed by atoms with Gasteiger partial charge in [-0.25, -0.2) is 4.79 Å². The molecular weight excluding hydrogens is 218 g/mol. The molecule has 0 saturated heterocycles. The third kappa shape index (κ3) is 2.23. The number of carboxylic acids is 1. The molecule has 2 rings (SSSR count). The molecule has 1 aromatic heterocycles. The molecule has 0 saturated carbocycles. The van der Waals surface area contributed by atoms with Crippen LogP contribution < -0.4 is 0 Å². The van der Waals surface area contributed by atoms with Gasteiger partial charge in [0.25, 0.3) is 0 Å². The summed E-state index contributed by atoms with van der Waals surface area (Å²) >= 11 is 0. The number of carbonyl (C=O) groups is 1. The molecule has 0 aliphatic heterocycles. The van der Waals surface area contributed by atoms with Crippen molar-refractivity contribution in [1.82, 2.24) is 14.8 Å². The van der Waals surface area contributed by atoms with Crippen molar-refractivity contribution in [3.05, 3.63) is 24.3 Å². The normalized spacial score (nSPS) is 17.8. The second kappa shape index (κ2) is 4.69. The van der Waals surface area contributed by atoms with Crippen LogP contribution in [0.2, 0.25) is 0 Å². The fourth-order valence-electron chi connectivity index (χ4n) is 2.31. The molecule has 1 aromatic rings. The number of hydrogen-bond donors (Lipinski definition) is 1. The molecule has 0 radical (unpaired) electrons. The van der Waals surface area contributed by atoms with Crippen molar-refractivity contribution in [1.29, 1.82) is 0 Å². The second-order valence-electron chi connectivity index (χ2n) is 4.76. The molecular formula is C12H17N3O2. The van der Waals surface area contributed by atoms with Gasteiger partial charge in [0.2, 0.25) is 0 Å². The van der Waals surface area contributed by atoms with Crippen LogP contribution in [0.3, 0.4) is 0 Å². The Bertz CT molecular complexity index is 429. The van der Waals surface area contributed by atoms with Gasteiger partial charge in [-0.3, -0.25) is 0 Å². The minimum atomic E-state index is -0.827. The molecule has 0 fully saturated rings. The number of aliphatic carboxylic acids is 1. The van der Waals surface area contributed by atoms with E-state index in [1.807, 2.05) is 13.8 Å². The number of aromatic nitrogens is 3. The van der Waals surface area contributed by atoms with Gasteiger partial charge in [0, 0.05) is 5.92 Å². The molecule has 1 aliphatic carbocycles. The molecule has 5 nitrogen and oxygen atoms in total. The van der Waals surface area contributed by atoms with Crippen LogP contribution in [0.1, 0.15) is 44.5 Å². The highest BCUT2D eigenvalue weighted by atomic mass is 16.4. The summed E-state index contributed by atoms with van der Waals surface area (Å²) < 4.78 is 1.71. The topological polar surface area (TPSA) is 68.0 Å². The lowest BCUT2D eigenvalue weighted by Gasteiger charge is -2.21. The van der Waals surface area contributed by atoms with E-state index in [0.717, 1.165) is 18.7 Å². The number of rotatable bonds is 4. The summed E-state index contributed by atoms with van der Waals surface area (Å²) in [5.41, 5.74) is 0. The highest BCUT2D eigenvalue weighted by molar-refractivity contribution is 5.72. The average Bonchev–Trinajstić information content (AvgIpc) is 2.84. The molecule has 1 aliphatic rings. The Balaban J connectivity index is 2.31. The van der Waals surface area contributed by atoms with Crippen LogP contribution in [0.5, 0.6) is 0 Å². The SMILES string of the molecule is CC(C)C(C(=O)O)n1cnnc1C1CC=CC1.